The third-order valence-electron chi connectivity index (χ3n) is 1.20. The second kappa shape index (κ2) is 3.55. The normalized spacial score (nSPS) is 8.82. The number of nitrogens with zero attached hydrogens (tertiary/aromatic N) is 1. The minimum atomic E-state index is 0.324. The molecule has 0 aliphatic heterocycles. The average Bonchev–Trinajstić information content (AvgIpc) is 2.06. The van der Waals surface area contributed by atoms with Crippen molar-refractivity contribution in [1.82, 2.24) is 0 Å². The number of para-hydroxylation sites is 2. The van der Waals surface area contributed by atoms with Gasteiger partial charge in [0.05, 0.1) is 7.11 Å². The molecule has 0 aliphatic carbocycles. The van der Waals surface area contributed by atoms with Gasteiger partial charge in [-0.3, -0.25) is 0 Å². The van der Waals surface area contributed by atoms with Crippen LogP contribution in [0.5, 0.6) is 11.5 Å². The van der Waals surface area contributed by atoms with E-state index in [0.29, 0.717) is 11.5 Å². The van der Waals surface area contributed by atoms with Crippen LogP contribution in [0.3, 0.4) is 0 Å². The maximum Gasteiger partial charge on any atom is 0.203 e. The van der Waals surface area contributed by atoms with Gasteiger partial charge in [0.2, 0.25) is 5.75 Å². The number of benzene rings is 1. The molecule has 11 heavy (non-hydrogen) atoms. The molecule has 4 heteroatoms. The van der Waals surface area contributed by atoms with Crippen molar-refractivity contribution < 1.29 is 9.57 Å². The fraction of sp³-hybridized carbons (Fsp3) is 0.143. The Morgan fingerprint density at radius 3 is 2.45 bits per heavy atom. The fourth-order valence-corrected chi connectivity index (χ4v) is 0.734. The molecule has 4 nitrogen and oxygen atoms in total. The Hall–Kier alpha value is -1.58. The molecule has 58 valence electrons. The van der Waals surface area contributed by atoms with E-state index in [9.17, 15) is 4.91 Å². The number of rotatable bonds is 3. The standard InChI is InChI=1S/C7H7NO3/c1-10-6-4-2-3-5-7(6)11-8-9/h2-5H,1H3. The lowest BCUT2D eigenvalue weighted by Gasteiger charge is -2.01. The highest BCUT2D eigenvalue weighted by Gasteiger charge is 2.01. The van der Waals surface area contributed by atoms with Gasteiger partial charge >= 0.3 is 0 Å². The molecule has 0 aliphatic rings. The lowest BCUT2D eigenvalue weighted by atomic mass is 10.3. The van der Waals surface area contributed by atoms with Crippen LogP contribution in [-0.2, 0) is 0 Å². The second-order valence-corrected chi connectivity index (χ2v) is 1.82. The van der Waals surface area contributed by atoms with Crippen LogP contribution < -0.4 is 9.57 Å². The van der Waals surface area contributed by atoms with Gasteiger partial charge in [0.15, 0.2) is 11.1 Å². The van der Waals surface area contributed by atoms with E-state index in [0.717, 1.165) is 0 Å². The average molecular weight is 153 g/mol. The van der Waals surface area contributed by atoms with Gasteiger partial charge in [0, 0.05) is 0 Å². The summed E-state index contributed by atoms with van der Waals surface area (Å²) in [6.45, 7) is 0. The maximum absolute atomic E-state index is 9.71. The van der Waals surface area contributed by atoms with Crippen LogP contribution >= 0.6 is 0 Å². The van der Waals surface area contributed by atoms with Crippen molar-refractivity contribution in [1.29, 1.82) is 0 Å². The molecular weight excluding hydrogens is 146 g/mol. The largest absolute Gasteiger partial charge is 0.493 e. The molecule has 1 aromatic carbocycles. The zero-order chi connectivity index (χ0) is 8.10. The highest BCUT2D eigenvalue weighted by Crippen LogP contribution is 2.25. The summed E-state index contributed by atoms with van der Waals surface area (Å²) in [7, 11) is 1.49. The molecular formula is C7H7NO3. The Morgan fingerprint density at radius 1 is 1.27 bits per heavy atom. The molecule has 0 heterocycles. The SMILES string of the molecule is COc1ccccc1ON=O. The van der Waals surface area contributed by atoms with Crippen LogP contribution in [0.25, 0.3) is 0 Å². The first-order chi connectivity index (χ1) is 5.38. The highest BCUT2D eigenvalue weighted by atomic mass is 16.7. The molecule has 0 saturated heterocycles. The van der Waals surface area contributed by atoms with Crippen molar-refractivity contribution >= 4 is 0 Å². The van der Waals surface area contributed by atoms with Crippen LogP contribution in [0, 0.1) is 4.91 Å². The molecule has 0 unspecified atom stereocenters. The van der Waals surface area contributed by atoms with E-state index >= 15 is 0 Å². The molecule has 0 fully saturated rings. The van der Waals surface area contributed by atoms with E-state index in [1.54, 1.807) is 24.3 Å². The Balaban J connectivity index is 2.92. The van der Waals surface area contributed by atoms with Crippen LogP contribution in [0.15, 0.2) is 29.6 Å². The molecule has 1 rings (SSSR count). The van der Waals surface area contributed by atoms with Gasteiger partial charge in [-0.1, -0.05) is 12.1 Å². The highest BCUT2D eigenvalue weighted by molar-refractivity contribution is 5.38. The van der Waals surface area contributed by atoms with Gasteiger partial charge in [-0.25, -0.2) is 0 Å². The lowest BCUT2D eigenvalue weighted by molar-refractivity contribution is 0.306. The minimum Gasteiger partial charge on any atom is -0.493 e. The summed E-state index contributed by atoms with van der Waals surface area (Å²) in [6, 6.07) is 6.78. The Labute approximate surface area is 63.7 Å². The summed E-state index contributed by atoms with van der Waals surface area (Å²) in [5.74, 6) is 0.817. The molecule has 0 aromatic heterocycles. The van der Waals surface area contributed by atoms with Gasteiger partial charge in [-0.05, 0) is 12.1 Å². The van der Waals surface area contributed by atoms with E-state index in [1.165, 1.54) is 7.11 Å². The van der Waals surface area contributed by atoms with Crippen molar-refractivity contribution in [3.63, 3.8) is 0 Å². The zero-order valence-electron chi connectivity index (χ0n) is 5.98. The Morgan fingerprint density at radius 2 is 1.91 bits per heavy atom. The molecule has 0 spiro atoms. The summed E-state index contributed by atoms with van der Waals surface area (Å²) < 4.78 is 4.87. The van der Waals surface area contributed by atoms with Gasteiger partial charge < -0.3 is 9.57 Å². The third kappa shape index (κ3) is 1.67. The van der Waals surface area contributed by atoms with Gasteiger partial charge in [0.25, 0.3) is 0 Å². The molecule has 0 saturated carbocycles. The van der Waals surface area contributed by atoms with E-state index in [2.05, 4.69) is 10.2 Å². The van der Waals surface area contributed by atoms with Crippen molar-refractivity contribution in [3.05, 3.63) is 29.2 Å². The summed E-state index contributed by atoms with van der Waals surface area (Å²) in [6.07, 6.45) is 0. The van der Waals surface area contributed by atoms with Gasteiger partial charge in [-0.15, -0.1) is 4.91 Å². The number of ether oxygens (including phenoxy) is 1. The number of hydrogen-bond donors (Lipinski definition) is 0. The van der Waals surface area contributed by atoms with E-state index in [1.807, 2.05) is 0 Å². The van der Waals surface area contributed by atoms with Crippen LogP contribution in [0.1, 0.15) is 0 Å². The lowest BCUT2D eigenvalue weighted by Crippen LogP contribution is -1.87. The molecule has 0 atom stereocenters. The van der Waals surface area contributed by atoms with E-state index in [-0.39, 0.29) is 0 Å². The first-order valence-corrected chi connectivity index (χ1v) is 3.01. The summed E-state index contributed by atoms with van der Waals surface area (Å²) in [4.78, 5) is 14.1. The fourth-order valence-electron chi connectivity index (χ4n) is 0.734. The van der Waals surface area contributed by atoms with Crippen LogP contribution in [0.4, 0.5) is 0 Å². The summed E-state index contributed by atoms with van der Waals surface area (Å²) in [5.41, 5.74) is 0. The third-order valence-corrected chi connectivity index (χ3v) is 1.20. The van der Waals surface area contributed by atoms with Crippen molar-refractivity contribution in [2.45, 2.75) is 0 Å². The Bertz CT molecular complexity index is 249. The van der Waals surface area contributed by atoms with Crippen molar-refractivity contribution in [3.8, 4) is 11.5 Å². The summed E-state index contributed by atoms with van der Waals surface area (Å²) in [5, 5.41) is 2.28. The second-order valence-electron chi connectivity index (χ2n) is 1.82. The van der Waals surface area contributed by atoms with Gasteiger partial charge in [0.1, 0.15) is 0 Å². The van der Waals surface area contributed by atoms with Crippen LogP contribution in [0.2, 0.25) is 0 Å². The topological polar surface area (TPSA) is 47.9 Å². The monoisotopic (exact) mass is 153 g/mol. The molecule has 1 aromatic rings. The maximum atomic E-state index is 9.71. The Kier molecular flexibility index (Phi) is 2.43. The first-order valence-electron chi connectivity index (χ1n) is 3.01. The molecule has 0 radical (unpaired) electrons. The van der Waals surface area contributed by atoms with Crippen molar-refractivity contribution in [2.24, 2.45) is 5.34 Å². The van der Waals surface area contributed by atoms with Gasteiger partial charge in [-0.2, -0.15) is 0 Å². The molecule has 0 amide bonds. The number of methoxy groups -OCH3 is 1. The quantitative estimate of drug-likeness (QED) is 0.491. The van der Waals surface area contributed by atoms with E-state index in [4.69, 9.17) is 4.74 Å². The minimum absolute atomic E-state index is 0.324. The summed E-state index contributed by atoms with van der Waals surface area (Å²) >= 11 is 0. The van der Waals surface area contributed by atoms with Crippen molar-refractivity contribution in [2.75, 3.05) is 7.11 Å². The molecule has 0 N–H and O–H groups in total. The molecule has 0 bridgehead atoms. The predicted octanol–water partition coefficient (Wildman–Crippen LogP) is 1.76. The smallest absolute Gasteiger partial charge is 0.203 e. The van der Waals surface area contributed by atoms with E-state index < -0.39 is 0 Å². The number of hydrogen-bond acceptors (Lipinski definition) is 4. The predicted molar refractivity (Wildman–Crippen MR) is 39.4 cm³/mol. The zero-order valence-corrected chi connectivity index (χ0v) is 5.98. The first kappa shape index (κ1) is 7.53. The van der Waals surface area contributed by atoms with Crippen LogP contribution in [-0.4, -0.2) is 7.11 Å².